The second-order valence-electron chi connectivity index (χ2n) is 4.31. The van der Waals surface area contributed by atoms with Crippen LogP contribution in [0.4, 0.5) is 0 Å². The van der Waals surface area contributed by atoms with Crippen LogP contribution < -0.4 is 0 Å². The molecule has 4 heteroatoms. The molecule has 0 heterocycles. The van der Waals surface area contributed by atoms with Crippen LogP contribution in [-0.4, -0.2) is 29.6 Å². The van der Waals surface area contributed by atoms with E-state index in [1.165, 1.54) is 0 Å². The lowest BCUT2D eigenvalue weighted by Crippen LogP contribution is -2.26. The Hall–Kier alpha value is -0.610. The molecule has 1 aromatic rings. The van der Waals surface area contributed by atoms with Crippen LogP contribution in [0.3, 0.4) is 0 Å². The van der Waals surface area contributed by atoms with Crippen molar-refractivity contribution in [2.45, 2.75) is 12.5 Å². The van der Waals surface area contributed by atoms with Gasteiger partial charge in [-0.25, -0.2) is 0 Å². The van der Waals surface area contributed by atoms with Gasteiger partial charge in [0.1, 0.15) is 0 Å². The topological polar surface area (TPSA) is 23.5 Å². The van der Waals surface area contributed by atoms with Gasteiger partial charge in [-0.2, -0.15) is 0 Å². The molecule has 0 aliphatic carbocycles. The molecule has 19 heavy (non-hydrogen) atoms. The SMILES string of the molecule is C=CCN(CC=C)CCC(O)c1ccc(Br)cc1Cl. The van der Waals surface area contributed by atoms with Gasteiger partial charge < -0.3 is 5.11 Å². The van der Waals surface area contributed by atoms with Crippen molar-refractivity contribution in [3.8, 4) is 0 Å². The monoisotopic (exact) mass is 343 g/mol. The maximum absolute atomic E-state index is 10.2. The Labute approximate surface area is 128 Å². The van der Waals surface area contributed by atoms with Crippen molar-refractivity contribution >= 4 is 27.5 Å². The Kier molecular flexibility index (Phi) is 7.39. The summed E-state index contributed by atoms with van der Waals surface area (Å²) in [5.41, 5.74) is 0.766. The minimum Gasteiger partial charge on any atom is -0.388 e. The summed E-state index contributed by atoms with van der Waals surface area (Å²) >= 11 is 9.48. The molecule has 2 nitrogen and oxygen atoms in total. The Balaban J connectivity index is 2.60. The van der Waals surface area contributed by atoms with E-state index in [0.29, 0.717) is 11.4 Å². The summed E-state index contributed by atoms with van der Waals surface area (Å²) in [7, 11) is 0. The largest absolute Gasteiger partial charge is 0.388 e. The molecule has 1 atom stereocenters. The Morgan fingerprint density at radius 3 is 2.47 bits per heavy atom. The maximum Gasteiger partial charge on any atom is 0.0816 e. The highest BCUT2D eigenvalue weighted by Gasteiger charge is 2.13. The van der Waals surface area contributed by atoms with Crippen molar-refractivity contribution in [3.05, 3.63) is 58.6 Å². The first kappa shape index (κ1) is 16.4. The van der Waals surface area contributed by atoms with Crippen molar-refractivity contribution in [2.24, 2.45) is 0 Å². The molecule has 0 radical (unpaired) electrons. The summed E-state index contributed by atoms with van der Waals surface area (Å²) < 4.78 is 0.911. The van der Waals surface area contributed by atoms with E-state index in [1.54, 1.807) is 6.07 Å². The summed E-state index contributed by atoms with van der Waals surface area (Å²) in [6.07, 6.45) is 3.77. The van der Waals surface area contributed by atoms with Crippen LogP contribution in [0.2, 0.25) is 5.02 Å². The van der Waals surface area contributed by atoms with Crippen molar-refractivity contribution in [2.75, 3.05) is 19.6 Å². The van der Waals surface area contributed by atoms with E-state index in [0.717, 1.165) is 29.7 Å². The van der Waals surface area contributed by atoms with E-state index in [4.69, 9.17) is 11.6 Å². The fourth-order valence-electron chi connectivity index (χ4n) is 1.85. The molecule has 0 saturated heterocycles. The van der Waals surface area contributed by atoms with Crippen LogP contribution in [0.1, 0.15) is 18.1 Å². The molecule has 0 aliphatic heterocycles. The standard InChI is InChI=1S/C15H19BrClNO/c1-3-8-18(9-4-2)10-7-15(19)13-6-5-12(16)11-14(13)17/h3-6,11,15,19H,1-2,7-10H2. The Bertz CT molecular complexity index is 426. The first-order chi connectivity index (χ1) is 9.08. The third kappa shape index (κ3) is 5.49. The molecule has 0 aromatic heterocycles. The zero-order chi connectivity index (χ0) is 14.3. The molecule has 0 amide bonds. The van der Waals surface area contributed by atoms with Crippen LogP contribution in [0.5, 0.6) is 0 Å². The van der Waals surface area contributed by atoms with E-state index in [9.17, 15) is 5.11 Å². The molecule has 0 bridgehead atoms. The van der Waals surface area contributed by atoms with Gasteiger partial charge in [-0.05, 0) is 24.1 Å². The number of hydrogen-bond acceptors (Lipinski definition) is 2. The summed E-state index contributed by atoms with van der Waals surface area (Å²) in [5, 5.41) is 10.8. The fourth-order valence-corrected chi connectivity index (χ4v) is 2.65. The van der Waals surface area contributed by atoms with Crippen molar-refractivity contribution in [3.63, 3.8) is 0 Å². The minimum atomic E-state index is -0.558. The van der Waals surface area contributed by atoms with Crippen molar-refractivity contribution < 1.29 is 5.11 Å². The van der Waals surface area contributed by atoms with Crippen LogP contribution in [0.25, 0.3) is 0 Å². The molecule has 0 fully saturated rings. The molecule has 0 aliphatic rings. The van der Waals surface area contributed by atoms with Gasteiger partial charge in [-0.1, -0.05) is 45.7 Å². The number of rotatable bonds is 8. The average molecular weight is 345 g/mol. The normalized spacial score (nSPS) is 12.4. The molecule has 0 saturated carbocycles. The third-order valence-electron chi connectivity index (χ3n) is 2.81. The van der Waals surface area contributed by atoms with Gasteiger partial charge in [-0.15, -0.1) is 13.2 Å². The second kappa shape index (κ2) is 8.54. The molecule has 1 rings (SSSR count). The van der Waals surface area contributed by atoms with Crippen LogP contribution in [-0.2, 0) is 0 Å². The highest BCUT2D eigenvalue weighted by Crippen LogP contribution is 2.28. The van der Waals surface area contributed by atoms with E-state index in [1.807, 2.05) is 24.3 Å². The predicted octanol–water partition coefficient (Wildman–Crippen LogP) is 4.20. The maximum atomic E-state index is 10.2. The number of benzene rings is 1. The van der Waals surface area contributed by atoms with Crippen molar-refractivity contribution in [1.82, 2.24) is 4.90 Å². The van der Waals surface area contributed by atoms with E-state index in [2.05, 4.69) is 34.0 Å². The minimum absolute atomic E-state index is 0.558. The summed E-state index contributed by atoms with van der Waals surface area (Å²) in [6, 6.07) is 5.53. The number of aliphatic hydroxyl groups is 1. The van der Waals surface area contributed by atoms with Gasteiger partial charge in [0, 0.05) is 29.1 Å². The van der Waals surface area contributed by atoms with Gasteiger partial charge in [-0.3, -0.25) is 4.90 Å². The van der Waals surface area contributed by atoms with Gasteiger partial charge in [0.15, 0.2) is 0 Å². The Morgan fingerprint density at radius 1 is 1.32 bits per heavy atom. The van der Waals surface area contributed by atoms with Gasteiger partial charge >= 0.3 is 0 Å². The first-order valence-electron chi connectivity index (χ1n) is 6.15. The molecular formula is C15H19BrClNO. The highest BCUT2D eigenvalue weighted by molar-refractivity contribution is 9.10. The third-order valence-corrected chi connectivity index (χ3v) is 3.64. The molecule has 1 N–H and O–H groups in total. The highest BCUT2D eigenvalue weighted by atomic mass is 79.9. The fraction of sp³-hybridized carbons (Fsp3) is 0.333. The zero-order valence-corrected chi connectivity index (χ0v) is 13.2. The number of nitrogens with zero attached hydrogens (tertiary/aromatic N) is 1. The zero-order valence-electron chi connectivity index (χ0n) is 10.9. The molecule has 1 unspecified atom stereocenters. The van der Waals surface area contributed by atoms with Crippen LogP contribution in [0.15, 0.2) is 48.0 Å². The van der Waals surface area contributed by atoms with Gasteiger partial charge in [0.25, 0.3) is 0 Å². The predicted molar refractivity (Wildman–Crippen MR) is 85.6 cm³/mol. The lowest BCUT2D eigenvalue weighted by molar-refractivity contribution is 0.148. The molecule has 0 spiro atoms. The number of hydrogen-bond donors (Lipinski definition) is 1. The summed E-state index contributed by atoms with van der Waals surface area (Å²) in [6.45, 7) is 9.79. The lowest BCUT2D eigenvalue weighted by atomic mass is 10.1. The summed E-state index contributed by atoms with van der Waals surface area (Å²) in [5.74, 6) is 0. The Morgan fingerprint density at radius 2 is 1.95 bits per heavy atom. The second-order valence-corrected chi connectivity index (χ2v) is 5.63. The summed E-state index contributed by atoms with van der Waals surface area (Å²) in [4.78, 5) is 2.16. The van der Waals surface area contributed by atoms with Crippen LogP contribution in [0, 0.1) is 0 Å². The van der Waals surface area contributed by atoms with Gasteiger partial charge in [0.2, 0.25) is 0 Å². The van der Waals surface area contributed by atoms with Gasteiger partial charge in [0.05, 0.1) is 6.10 Å². The molecule has 1 aromatic carbocycles. The average Bonchev–Trinajstić information content (AvgIpc) is 2.36. The number of halogens is 2. The smallest absolute Gasteiger partial charge is 0.0816 e. The quantitative estimate of drug-likeness (QED) is 0.714. The number of aliphatic hydroxyl groups excluding tert-OH is 1. The molecular weight excluding hydrogens is 326 g/mol. The van der Waals surface area contributed by atoms with Crippen molar-refractivity contribution in [1.29, 1.82) is 0 Å². The van der Waals surface area contributed by atoms with E-state index < -0.39 is 6.10 Å². The van der Waals surface area contributed by atoms with E-state index in [-0.39, 0.29) is 0 Å². The first-order valence-corrected chi connectivity index (χ1v) is 7.32. The molecule has 104 valence electrons. The van der Waals surface area contributed by atoms with E-state index >= 15 is 0 Å². The van der Waals surface area contributed by atoms with Crippen LogP contribution >= 0.6 is 27.5 Å². The lowest BCUT2D eigenvalue weighted by Gasteiger charge is -2.21.